The van der Waals surface area contributed by atoms with E-state index in [0.717, 1.165) is 17.6 Å². The molecule has 0 aliphatic carbocycles. The number of hydrogen-bond acceptors (Lipinski definition) is 4. The first-order valence-electron chi connectivity index (χ1n) is 7.35. The monoisotopic (exact) mass is 345 g/mol. The first kappa shape index (κ1) is 16.6. The Bertz CT molecular complexity index is 801. The molecule has 2 atom stereocenters. The van der Waals surface area contributed by atoms with Crippen LogP contribution in [0.5, 0.6) is 0 Å². The molecule has 7 heteroatoms. The SMILES string of the molecule is COP(=O)(O)[C@@H](Cc1ccccc1)N1C(=O)c2ccccc2C1=O. The number of carbonyl (C=O) groups is 2. The summed E-state index contributed by atoms with van der Waals surface area (Å²) in [6.45, 7) is 0. The highest BCUT2D eigenvalue weighted by molar-refractivity contribution is 7.53. The predicted octanol–water partition coefficient (Wildman–Crippen LogP) is 2.68. The maximum atomic E-state index is 12.6. The van der Waals surface area contributed by atoms with E-state index >= 15 is 0 Å². The molecular weight excluding hydrogens is 329 g/mol. The zero-order chi connectivity index (χ0) is 17.3. The van der Waals surface area contributed by atoms with E-state index in [2.05, 4.69) is 0 Å². The number of imide groups is 1. The van der Waals surface area contributed by atoms with Gasteiger partial charge in [0, 0.05) is 13.5 Å². The van der Waals surface area contributed by atoms with Gasteiger partial charge in [-0.1, -0.05) is 42.5 Å². The Morgan fingerprint density at radius 1 is 1.00 bits per heavy atom. The van der Waals surface area contributed by atoms with Crippen molar-refractivity contribution >= 4 is 19.4 Å². The molecule has 0 radical (unpaired) electrons. The molecule has 1 unspecified atom stereocenters. The van der Waals surface area contributed by atoms with Crippen molar-refractivity contribution in [2.75, 3.05) is 7.11 Å². The molecule has 1 heterocycles. The van der Waals surface area contributed by atoms with Crippen LogP contribution in [0.2, 0.25) is 0 Å². The average Bonchev–Trinajstić information content (AvgIpc) is 2.85. The minimum Gasteiger partial charge on any atom is -0.323 e. The number of amides is 2. The van der Waals surface area contributed by atoms with Crippen LogP contribution in [-0.4, -0.2) is 34.5 Å². The first-order chi connectivity index (χ1) is 11.5. The summed E-state index contributed by atoms with van der Waals surface area (Å²) in [4.78, 5) is 36.3. The standard InChI is InChI=1S/C17H16NO5P/c1-23-24(21,22)15(11-12-7-3-2-4-8-12)18-16(19)13-9-5-6-10-14(13)17(18)20/h2-10,15H,11H2,1H3,(H,21,22)/t15-/m0/s1. The number of fused-ring (bicyclic) bond motifs is 1. The molecule has 6 nitrogen and oxygen atoms in total. The third kappa shape index (κ3) is 2.80. The van der Waals surface area contributed by atoms with Gasteiger partial charge in [0.25, 0.3) is 11.8 Å². The third-order valence-corrected chi connectivity index (χ3v) is 5.71. The topological polar surface area (TPSA) is 83.9 Å². The molecule has 0 spiro atoms. The molecule has 1 aliphatic heterocycles. The van der Waals surface area contributed by atoms with Crippen LogP contribution in [0.4, 0.5) is 0 Å². The number of rotatable bonds is 5. The Morgan fingerprint density at radius 3 is 2.00 bits per heavy atom. The summed E-state index contributed by atoms with van der Waals surface area (Å²) >= 11 is 0. The Hall–Kier alpha value is -2.27. The fourth-order valence-electron chi connectivity index (χ4n) is 2.78. The van der Waals surface area contributed by atoms with Crippen molar-refractivity contribution < 1.29 is 23.6 Å². The van der Waals surface area contributed by atoms with E-state index in [0.29, 0.717) is 0 Å². The number of hydrogen-bond donors (Lipinski definition) is 1. The van der Waals surface area contributed by atoms with Crippen LogP contribution in [0.15, 0.2) is 54.6 Å². The molecule has 0 saturated carbocycles. The maximum absolute atomic E-state index is 12.6. The molecule has 0 saturated heterocycles. The van der Waals surface area contributed by atoms with Gasteiger partial charge in [-0.3, -0.25) is 19.1 Å². The van der Waals surface area contributed by atoms with E-state index in [-0.39, 0.29) is 17.5 Å². The summed E-state index contributed by atoms with van der Waals surface area (Å²) in [6.07, 6.45) is 0.0356. The molecule has 24 heavy (non-hydrogen) atoms. The van der Waals surface area contributed by atoms with Crippen molar-refractivity contribution in [1.29, 1.82) is 0 Å². The van der Waals surface area contributed by atoms with Crippen LogP contribution >= 0.6 is 7.60 Å². The smallest absolute Gasteiger partial charge is 0.323 e. The lowest BCUT2D eigenvalue weighted by Crippen LogP contribution is -2.41. The van der Waals surface area contributed by atoms with E-state index in [1.807, 2.05) is 6.07 Å². The van der Waals surface area contributed by atoms with Crippen molar-refractivity contribution in [1.82, 2.24) is 4.90 Å². The minimum absolute atomic E-state index is 0.0356. The second-order valence-corrected chi connectivity index (χ2v) is 7.53. The lowest BCUT2D eigenvalue weighted by Gasteiger charge is -2.28. The first-order valence-corrected chi connectivity index (χ1v) is 8.99. The van der Waals surface area contributed by atoms with Crippen LogP contribution in [0.3, 0.4) is 0 Å². The van der Waals surface area contributed by atoms with E-state index in [9.17, 15) is 19.0 Å². The number of benzene rings is 2. The molecule has 1 aliphatic rings. The van der Waals surface area contributed by atoms with E-state index in [4.69, 9.17) is 4.52 Å². The van der Waals surface area contributed by atoms with Crippen molar-refractivity contribution in [3.8, 4) is 0 Å². The number of nitrogens with zero attached hydrogens (tertiary/aromatic N) is 1. The number of carbonyl (C=O) groups excluding carboxylic acids is 2. The molecule has 2 aromatic carbocycles. The normalized spacial score (nSPS) is 17.5. The Balaban J connectivity index is 2.03. The van der Waals surface area contributed by atoms with Crippen LogP contribution in [0, 0.1) is 0 Å². The highest BCUT2D eigenvalue weighted by Crippen LogP contribution is 2.51. The zero-order valence-electron chi connectivity index (χ0n) is 13.0. The van der Waals surface area contributed by atoms with E-state index in [1.54, 1.807) is 36.4 Å². The summed E-state index contributed by atoms with van der Waals surface area (Å²) in [7, 11) is -3.12. The van der Waals surface area contributed by atoms with Gasteiger partial charge in [-0.15, -0.1) is 0 Å². The highest BCUT2D eigenvalue weighted by atomic mass is 31.2. The molecule has 3 rings (SSSR count). The minimum atomic E-state index is -4.22. The van der Waals surface area contributed by atoms with Crippen molar-refractivity contribution in [3.63, 3.8) is 0 Å². The summed E-state index contributed by atoms with van der Waals surface area (Å²) in [5, 5.41) is 0. The molecule has 0 aromatic heterocycles. The van der Waals surface area contributed by atoms with Gasteiger partial charge in [0.15, 0.2) is 0 Å². The van der Waals surface area contributed by atoms with Crippen LogP contribution in [-0.2, 0) is 15.5 Å². The molecule has 0 bridgehead atoms. The average molecular weight is 345 g/mol. The fraction of sp³-hybridized carbons (Fsp3) is 0.176. The third-order valence-electron chi connectivity index (χ3n) is 4.02. The molecular formula is C17H16NO5P. The lowest BCUT2D eigenvalue weighted by molar-refractivity contribution is 0.0610. The maximum Gasteiger partial charge on any atom is 0.350 e. The highest BCUT2D eigenvalue weighted by Gasteiger charge is 2.47. The van der Waals surface area contributed by atoms with Gasteiger partial charge in [0.05, 0.1) is 11.1 Å². The van der Waals surface area contributed by atoms with Crippen molar-refractivity contribution in [2.24, 2.45) is 0 Å². The van der Waals surface area contributed by atoms with Gasteiger partial charge in [-0.05, 0) is 17.7 Å². The van der Waals surface area contributed by atoms with Crippen LogP contribution in [0.1, 0.15) is 26.3 Å². The molecule has 2 amide bonds. The summed E-state index contributed by atoms with van der Waals surface area (Å²) in [5.74, 6) is -2.44. The lowest BCUT2D eigenvalue weighted by atomic mass is 10.1. The van der Waals surface area contributed by atoms with Gasteiger partial charge in [0.2, 0.25) is 0 Å². The van der Waals surface area contributed by atoms with E-state index in [1.165, 1.54) is 12.1 Å². The van der Waals surface area contributed by atoms with Crippen LogP contribution in [0.25, 0.3) is 0 Å². The molecule has 124 valence electrons. The predicted molar refractivity (Wildman–Crippen MR) is 87.7 cm³/mol. The van der Waals surface area contributed by atoms with Gasteiger partial charge in [0.1, 0.15) is 5.78 Å². The Morgan fingerprint density at radius 2 is 1.50 bits per heavy atom. The largest absolute Gasteiger partial charge is 0.350 e. The molecule has 2 aromatic rings. The summed E-state index contributed by atoms with van der Waals surface area (Å²) in [5.41, 5.74) is 1.19. The summed E-state index contributed by atoms with van der Waals surface area (Å²) in [6, 6.07) is 15.3. The van der Waals surface area contributed by atoms with Gasteiger partial charge < -0.3 is 9.42 Å². The zero-order valence-corrected chi connectivity index (χ0v) is 13.8. The molecule has 0 fully saturated rings. The second kappa shape index (κ2) is 6.32. The Kier molecular flexibility index (Phi) is 4.37. The van der Waals surface area contributed by atoms with Crippen LogP contribution < -0.4 is 0 Å². The molecule has 1 N–H and O–H groups in total. The quantitative estimate of drug-likeness (QED) is 0.665. The van der Waals surface area contributed by atoms with Gasteiger partial charge in [-0.25, -0.2) is 0 Å². The van der Waals surface area contributed by atoms with Crippen molar-refractivity contribution in [2.45, 2.75) is 12.2 Å². The van der Waals surface area contributed by atoms with Crippen molar-refractivity contribution in [3.05, 3.63) is 71.3 Å². The fourth-order valence-corrected chi connectivity index (χ4v) is 3.96. The summed E-state index contributed by atoms with van der Waals surface area (Å²) < 4.78 is 17.2. The Labute approximate surface area is 139 Å². The van der Waals surface area contributed by atoms with E-state index < -0.39 is 25.2 Å². The van der Waals surface area contributed by atoms with Gasteiger partial charge in [-0.2, -0.15) is 0 Å². The second-order valence-electron chi connectivity index (χ2n) is 5.44. The van der Waals surface area contributed by atoms with Gasteiger partial charge >= 0.3 is 7.60 Å².